The lowest BCUT2D eigenvalue weighted by atomic mass is 9.91. The van der Waals surface area contributed by atoms with Crippen LogP contribution in [0.2, 0.25) is 5.02 Å². The molecule has 1 heterocycles. The topological polar surface area (TPSA) is 32.9 Å². The monoisotopic (exact) mass is 249 g/mol. The smallest absolute Gasteiger partial charge is 0.189 e. The van der Waals surface area contributed by atoms with Gasteiger partial charge in [0.2, 0.25) is 0 Å². The summed E-state index contributed by atoms with van der Waals surface area (Å²) in [6.45, 7) is 8.19. The molecule has 1 N–H and O–H groups in total. The van der Waals surface area contributed by atoms with Crippen LogP contribution in [0.3, 0.4) is 0 Å². The predicted octanol–water partition coefficient (Wildman–Crippen LogP) is 3.79. The minimum atomic E-state index is -0.0700. The Hall–Kier alpha value is -1.28. The highest BCUT2D eigenvalue weighted by molar-refractivity contribution is 6.31. The van der Waals surface area contributed by atoms with E-state index >= 15 is 0 Å². The molecule has 0 bridgehead atoms. The highest BCUT2D eigenvalue weighted by Gasteiger charge is 2.16. The van der Waals surface area contributed by atoms with Crippen molar-refractivity contribution in [2.75, 3.05) is 0 Å². The standard InChI is InChI=1S/C14H16ClNO/c1-8-5-9(15)6-10-11(17)7-12(14(2,3)4)16-13(8)10/h5-7H,1-4H3,(H,16,17). The van der Waals surface area contributed by atoms with Crippen molar-refractivity contribution in [3.63, 3.8) is 0 Å². The van der Waals surface area contributed by atoms with Gasteiger partial charge in [-0.3, -0.25) is 4.79 Å². The maximum Gasteiger partial charge on any atom is 0.189 e. The molecule has 17 heavy (non-hydrogen) atoms. The van der Waals surface area contributed by atoms with Crippen LogP contribution in [0.4, 0.5) is 0 Å². The van der Waals surface area contributed by atoms with Crippen molar-refractivity contribution in [3.8, 4) is 0 Å². The Bertz CT molecular complexity index is 635. The first-order valence-electron chi connectivity index (χ1n) is 5.63. The molecule has 0 atom stereocenters. The second kappa shape index (κ2) is 3.88. The zero-order chi connectivity index (χ0) is 12.8. The van der Waals surface area contributed by atoms with Gasteiger partial charge in [0.05, 0.1) is 5.52 Å². The zero-order valence-corrected chi connectivity index (χ0v) is 11.3. The molecule has 2 rings (SSSR count). The van der Waals surface area contributed by atoms with Crippen LogP contribution >= 0.6 is 11.6 Å². The van der Waals surface area contributed by atoms with Gasteiger partial charge < -0.3 is 4.98 Å². The molecule has 0 aliphatic rings. The van der Waals surface area contributed by atoms with Gasteiger partial charge in [0.1, 0.15) is 0 Å². The number of aromatic amines is 1. The van der Waals surface area contributed by atoms with Gasteiger partial charge in [-0.05, 0) is 24.6 Å². The van der Waals surface area contributed by atoms with Crippen molar-refractivity contribution in [1.82, 2.24) is 4.98 Å². The number of halogens is 1. The number of aryl methyl sites for hydroxylation is 1. The third-order valence-electron chi connectivity index (χ3n) is 2.91. The first kappa shape index (κ1) is 12.2. The summed E-state index contributed by atoms with van der Waals surface area (Å²) in [7, 11) is 0. The normalized spacial score (nSPS) is 12.1. The van der Waals surface area contributed by atoms with Gasteiger partial charge in [0, 0.05) is 27.6 Å². The molecule has 0 aliphatic carbocycles. The van der Waals surface area contributed by atoms with Gasteiger partial charge in [-0.1, -0.05) is 32.4 Å². The Labute approximate surface area is 106 Å². The predicted molar refractivity (Wildman–Crippen MR) is 73.0 cm³/mol. The largest absolute Gasteiger partial charge is 0.358 e. The fourth-order valence-electron chi connectivity index (χ4n) is 1.89. The van der Waals surface area contributed by atoms with E-state index in [9.17, 15) is 4.79 Å². The molecule has 0 saturated carbocycles. The number of aromatic nitrogens is 1. The van der Waals surface area contributed by atoms with Crippen LogP contribution in [-0.2, 0) is 5.41 Å². The summed E-state index contributed by atoms with van der Waals surface area (Å²) in [6.07, 6.45) is 0. The molecule has 0 radical (unpaired) electrons. The molecule has 0 unspecified atom stereocenters. The fraction of sp³-hybridized carbons (Fsp3) is 0.357. The molecule has 0 aliphatic heterocycles. The van der Waals surface area contributed by atoms with E-state index < -0.39 is 0 Å². The molecule has 0 fully saturated rings. The van der Waals surface area contributed by atoms with E-state index in [2.05, 4.69) is 25.8 Å². The Morgan fingerprint density at radius 2 is 1.82 bits per heavy atom. The van der Waals surface area contributed by atoms with Crippen LogP contribution in [0.15, 0.2) is 23.0 Å². The van der Waals surface area contributed by atoms with Gasteiger partial charge in [-0.2, -0.15) is 0 Å². The summed E-state index contributed by atoms with van der Waals surface area (Å²) in [5, 5.41) is 1.26. The Morgan fingerprint density at radius 1 is 1.18 bits per heavy atom. The first-order valence-corrected chi connectivity index (χ1v) is 6.00. The van der Waals surface area contributed by atoms with Crippen molar-refractivity contribution in [2.24, 2.45) is 0 Å². The van der Waals surface area contributed by atoms with Gasteiger partial charge in [0.15, 0.2) is 5.43 Å². The van der Waals surface area contributed by atoms with Crippen molar-refractivity contribution in [3.05, 3.63) is 44.7 Å². The van der Waals surface area contributed by atoms with E-state index in [0.29, 0.717) is 10.4 Å². The molecule has 3 heteroatoms. The minimum Gasteiger partial charge on any atom is -0.358 e. The second-order valence-corrected chi connectivity index (χ2v) is 5.88. The lowest BCUT2D eigenvalue weighted by Gasteiger charge is -2.19. The summed E-state index contributed by atoms with van der Waals surface area (Å²) in [5.41, 5.74) is 2.77. The number of pyridine rings is 1. The molecule has 0 saturated heterocycles. The van der Waals surface area contributed by atoms with E-state index in [1.807, 2.05) is 13.0 Å². The number of nitrogens with one attached hydrogen (secondary N) is 1. The summed E-state index contributed by atoms with van der Waals surface area (Å²) < 4.78 is 0. The molecular weight excluding hydrogens is 234 g/mol. The summed E-state index contributed by atoms with van der Waals surface area (Å²) in [4.78, 5) is 15.4. The molecule has 0 amide bonds. The van der Waals surface area contributed by atoms with E-state index in [0.717, 1.165) is 16.8 Å². The second-order valence-electron chi connectivity index (χ2n) is 5.44. The summed E-state index contributed by atoms with van der Waals surface area (Å²) in [6, 6.07) is 5.25. The van der Waals surface area contributed by atoms with E-state index in [1.54, 1.807) is 12.1 Å². The fourth-order valence-corrected chi connectivity index (χ4v) is 2.16. The molecule has 90 valence electrons. The quantitative estimate of drug-likeness (QED) is 0.757. The molecule has 2 aromatic rings. The van der Waals surface area contributed by atoms with Crippen molar-refractivity contribution < 1.29 is 0 Å². The van der Waals surface area contributed by atoms with E-state index in [-0.39, 0.29) is 10.8 Å². The average molecular weight is 250 g/mol. The summed E-state index contributed by atoms with van der Waals surface area (Å²) >= 11 is 5.97. The third kappa shape index (κ3) is 2.22. The third-order valence-corrected chi connectivity index (χ3v) is 3.13. The number of fused-ring (bicyclic) bond motifs is 1. The SMILES string of the molecule is Cc1cc(Cl)cc2c(=O)cc(C(C)(C)C)[nH]c12. The number of rotatable bonds is 0. The van der Waals surface area contributed by atoms with Crippen molar-refractivity contribution >= 4 is 22.5 Å². The number of hydrogen-bond donors (Lipinski definition) is 1. The Morgan fingerprint density at radius 3 is 2.41 bits per heavy atom. The zero-order valence-electron chi connectivity index (χ0n) is 10.5. The van der Waals surface area contributed by atoms with Gasteiger partial charge >= 0.3 is 0 Å². The lowest BCUT2D eigenvalue weighted by Crippen LogP contribution is -2.17. The van der Waals surface area contributed by atoms with Crippen LogP contribution in [0.25, 0.3) is 10.9 Å². The van der Waals surface area contributed by atoms with Crippen molar-refractivity contribution in [1.29, 1.82) is 0 Å². The van der Waals surface area contributed by atoms with E-state index in [1.165, 1.54) is 0 Å². The Kier molecular flexibility index (Phi) is 2.78. The molecule has 2 nitrogen and oxygen atoms in total. The van der Waals surface area contributed by atoms with Crippen LogP contribution in [0, 0.1) is 6.92 Å². The van der Waals surface area contributed by atoms with Crippen LogP contribution in [-0.4, -0.2) is 4.98 Å². The number of H-pyrrole nitrogens is 1. The van der Waals surface area contributed by atoms with Crippen LogP contribution in [0.1, 0.15) is 32.0 Å². The van der Waals surface area contributed by atoms with Gasteiger partial charge in [-0.25, -0.2) is 0 Å². The Balaban J connectivity index is 2.88. The number of hydrogen-bond acceptors (Lipinski definition) is 1. The molecular formula is C14H16ClNO. The molecule has 1 aromatic heterocycles. The van der Waals surface area contributed by atoms with E-state index in [4.69, 9.17) is 11.6 Å². The van der Waals surface area contributed by atoms with Crippen LogP contribution < -0.4 is 5.43 Å². The molecule has 0 spiro atoms. The van der Waals surface area contributed by atoms with Gasteiger partial charge in [-0.15, -0.1) is 0 Å². The highest BCUT2D eigenvalue weighted by atomic mass is 35.5. The lowest BCUT2D eigenvalue weighted by molar-refractivity contribution is 0.571. The molecule has 1 aromatic carbocycles. The average Bonchev–Trinajstić information content (AvgIpc) is 2.17. The maximum atomic E-state index is 12.1. The summed E-state index contributed by atoms with van der Waals surface area (Å²) in [5.74, 6) is 0. The van der Waals surface area contributed by atoms with Crippen molar-refractivity contribution in [2.45, 2.75) is 33.1 Å². The van der Waals surface area contributed by atoms with Gasteiger partial charge in [0.25, 0.3) is 0 Å². The maximum absolute atomic E-state index is 12.1. The first-order chi connectivity index (χ1) is 7.79. The highest BCUT2D eigenvalue weighted by Crippen LogP contribution is 2.24. The minimum absolute atomic E-state index is 0.0225. The number of benzene rings is 1. The van der Waals surface area contributed by atoms with Crippen LogP contribution in [0.5, 0.6) is 0 Å².